The molecule has 3 aromatic rings. The summed E-state index contributed by atoms with van der Waals surface area (Å²) in [5.41, 5.74) is 24.8. The number of nitrogens with zero attached hydrogens (tertiary/aromatic N) is 1. The Labute approximate surface area is 390 Å². The van der Waals surface area contributed by atoms with Gasteiger partial charge < -0.3 is 57.4 Å². The van der Waals surface area contributed by atoms with Gasteiger partial charge in [0.15, 0.2) is 23.1 Å². The van der Waals surface area contributed by atoms with Gasteiger partial charge in [0.1, 0.15) is 18.1 Å². The van der Waals surface area contributed by atoms with Crippen molar-refractivity contribution in [3.63, 3.8) is 0 Å². The fraction of sp³-hybridized carbons (Fsp3) is 0.620. The number of Topliss-reactive ketones (excluding diaryl/α,β-unsaturated/α-hetero) is 3. The number of ether oxygens (including phenoxy) is 4. The summed E-state index contributed by atoms with van der Waals surface area (Å²) in [4.78, 5) is 60.6. The molecule has 1 heterocycles. The lowest BCUT2D eigenvalue weighted by molar-refractivity contribution is -0.131. The molecule has 5 unspecified atom stereocenters. The van der Waals surface area contributed by atoms with Gasteiger partial charge in [0.25, 0.3) is 0 Å². The Balaban J connectivity index is 1.78. The number of amides is 1. The molecule has 1 fully saturated rings. The molecule has 8 atom stereocenters. The third-order valence-electron chi connectivity index (χ3n) is 13.0. The molecule has 0 aliphatic heterocycles. The number of fused-ring (bicyclic) bond motifs is 1. The highest BCUT2D eigenvalue weighted by molar-refractivity contribution is 6.07. The van der Waals surface area contributed by atoms with Crippen molar-refractivity contribution in [3.8, 4) is 17.2 Å². The molecule has 11 N–H and O–H groups in total. The molecule has 0 saturated heterocycles. The highest BCUT2D eigenvalue weighted by Gasteiger charge is 2.45. The Bertz CT molecular complexity index is 2060. The number of nitrogens with one attached hydrogen (secondary N) is 1. The van der Waals surface area contributed by atoms with Crippen molar-refractivity contribution >= 4 is 34.0 Å². The number of ketones is 3. The van der Waals surface area contributed by atoms with Gasteiger partial charge in [-0.3, -0.25) is 24.2 Å². The number of aliphatic hydroxyl groups excluding tert-OH is 2. The normalized spacial score (nSPS) is 17.1. The summed E-state index contributed by atoms with van der Waals surface area (Å²) in [6.07, 6.45) is 2.72. The molecule has 366 valence electrons. The minimum Gasteiger partial charge on any atom is -0.491 e. The van der Waals surface area contributed by atoms with E-state index in [4.69, 9.17) is 41.9 Å². The van der Waals surface area contributed by atoms with E-state index < -0.39 is 65.6 Å². The fourth-order valence-corrected chi connectivity index (χ4v) is 8.77. The maximum Gasteiger partial charge on any atom is 0.237 e. The van der Waals surface area contributed by atoms with Crippen LogP contribution in [0.5, 0.6) is 17.2 Å². The Kier molecular flexibility index (Phi) is 21.5. The first-order chi connectivity index (χ1) is 31.5. The molecule has 16 nitrogen and oxygen atoms in total. The van der Waals surface area contributed by atoms with Crippen LogP contribution < -0.4 is 37.7 Å². The lowest BCUT2D eigenvalue weighted by atomic mass is 9.69. The van der Waals surface area contributed by atoms with E-state index in [1.54, 1.807) is 38.1 Å². The minimum absolute atomic E-state index is 0.0739. The molecule has 0 bridgehead atoms. The zero-order valence-corrected chi connectivity index (χ0v) is 40.0. The van der Waals surface area contributed by atoms with Crippen molar-refractivity contribution in [2.75, 3.05) is 39.6 Å². The summed E-state index contributed by atoms with van der Waals surface area (Å²) in [6.45, 7) is 14.2. The highest BCUT2D eigenvalue weighted by Crippen LogP contribution is 2.40. The lowest BCUT2D eigenvalue weighted by Gasteiger charge is -2.39. The Morgan fingerprint density at radius 3 is 2.00 bits per heavy atom. The first kappa shape index (κ1) is 54.2. The second kappa shape index (κ2) is 26.2. The molecule has 1 amide bonds. The van der Waals surface area contributed by atoms with Crippen molar-refractivity contribution in [2.45, 2.75) is 124 Å². The van der Waals surface area contributed by atoms with Gasteiger partial charge >= 0.3 is 0 Å². The van der Waals surface area contributed by atoms with Gasteiger partial charge in [0, 0.05) is 35.5 Å². The molecule has 0 radical (unpaired) electrons. The molecular formula is C50H76N6O10. The summed E-state index contributed by atoms with van der Waals surface area (Å²) in [6, 6.07) is 7.79. The predicted molar refractivity (Wildman–Crippen MR) is 254 cm³/mol. The van der Waals surface area contributed by atoms with Gasteiger partial charge in [-0.15, -0.1) is 0 Å². The fourth-order valence-electron chi connectivity index (χ4n) is 8.77. The number of rotatable bonds is 28. The molecule has 4 rings (SSSR count). The zero-order chi connectivity index (χ0) is 48.7. The molecular weight excluding hydrogens is 845 g/mol. The largest absolute Gasteiger partial charge is 0.491 e. The van der Waals surface area contributed by atoms with Crippen LogP contribution in [0.3, 0.4) is 0 Å². The maximum absolute atomic E-state index is 15.1. The molecule has 1 saturated carbocycles. The number of aliphatic hydroxyl groups is 2. The number of hydrogen-bond donors (Lipinski definition) is 7. The van der Waals surface area contributed by atoms with Crippen LogP contribution in [-0.4, -0.2) is 108 Å². The monoisotopic (exact) mass is 921 g/mol. The molecule has 2 aromatic carbocycles. The van der Waals surface area contributed by atoms with Crippen LogP contribution in [0.15, 0.2) is 42.6 Å². The van der Waals surface area contributed by atoms with E-state index >= 15 is 4.79 Å². The van der Waals surface area contributed by atoms with Gasteiger partial charge in [0.05, 0.1) is 80.0 Å². The predicted octanol–water partition coefficient (Wildman–Crippen LogP) is 4.84. The highest BCUT2D eigenvalue weighted by atomic mass is 16.5. The summed E-state index contributed by atoms with van der Waals surface area (Å²) in [5, 5.41) is 28.1. The molecule has 1 aliphatic carbocycles. The van der Waals surface area contributed by atoms with Crippen molar-refractivity contribution in [1.82, 2.24) is 10.3 Å². The third-order valence-corrected chi connectivity index (χ3v) is 13.0. The quantitative estimate of drug-likeness (QED) is 0.0379. The SMILES string of the molecule is CC[C@@H](C)[C@@H](N)C(=O)NCc1ncc(C(=O)C(C(C)C)C(O)C(O)C(N)C(C(=O)[C@@H](N)C(C)C)C2CCCCC2)c(Oc2cccc3c(OCCOCCOCCN)cccc23)c1C(C)=O. The molecule has 0 spiro atoms. The van der Waals surface area contributed by atoms with Crippen molar-refractivity contribution in [2.24, 2.45) is 58.4 Å². The van der Waals surface area contributed by atoms with Crippen LogP contribution in [0, 0.1) is 35.5 Å². The number of aromatic nitrogens is 1. The summed E-state index contributed by atoms with van der Waals surface area (Å²) in [5.74, 6) is -4.47. The van der Waals surface area contributed by atoms with E-state index in [2.05, 4.69) is 10.3 Å². The average molecular weight is 921 g/mol. The van der Waals surface area contributed by atoms with E-state index in [1.807, 2.05) is 39.8 Å². The Hall–Kier alpha value is -4.39. The van der Waals surface area contributed by atoms with Crippen LogP contribution >= 0.6 is 0 Å². The number of benzene rings is 2. The average Bonchev–Trinajstić information content (AvgIpc) is 3.30. The standard InChI is InChI=1S/C50H76N6O10/c1-8-30(6)43(53)50(62)56-27-36-40(31(7)57)49(66-38-19-13-16-33-34(38)17-12-18-37(33)65-25-24-64-23-22-63-21-20-51)35(26-55-36)45(58)39(28(2)3)47(60)48(61)44(54)41(32-14-10-9-11-15-32)46(59)42(52)29(4)5/h12-13,16-19,26,28-30,32,39,41-44,47-48,60-61H,8-11,14-15,20-25,27,51-54H2,1-7H3,(H,56,62)/t30-,39?,41?,42+,43-,44?,47?,48?/m1/s1. The smallest absolute Gasteiger partial charge is 0.237 e. The first-order valence-electron chi connectivity index (χ1n) is 23.7. The van der Waals surface area contributed by atoms with Crippen LogP contribution in [0.2, 0.25) is 0 Å². The molecule has 1 aliphatic rings. The number of pyridine rings is 1. The lowest BCUT2D eigenvalue weighted by Crippen LogP contribution is -2.58. The zero-order valence-electron chi connectivity index (χ0n) is 40.0. The van der Waals surface area contributed by atoms with Crippen LogP contribution in [0.25, 0.3) is 10.8 Å². The first-order valence-corrected chi connectivity index (χ1v) is 23.7. The van der Waals surface area contributed by atoms with Crippen molar-refractivity contribution in [3.05, 3.63) is 59.4 Å². The summed E-state index contributed by atoms with van der Waals surface area (Å²) in [7, 11) is 0. The van der Waals surface area contributed by atoms with Crippen molar-refractivity contribution < 1.29 is 48.3 Å². The number of carbonyl (C=O) groups excluding carboxylic acids is 4. The summed E-state index contributed by atoms with van der Waals surface area (Å²) >= 11 is 0. The van der Waals surface area contributed by atoms with Gasteiger partial charge in [-0.1, -0.05) is 91.5 Å². The molecule has 66 heavy (non-hydrogen) atoms. The molecule has 1 aromatic heterocycles. The van der Waals surface area contributed by atoms with Gasteiger partial charge in [-0.05, 0) is 55.6 Å². The van der Waals surface area contributed by atoms with Gasteiger partial charge in [0.2, 0.25) is 5.91 Å². The second-order valence-electron chi connectivity index (χ2n) is 18.4. The topological polar surface area (TPSA) is 275 Å². The van der Waals surface area contributed by atoms with Crippen LogP contribution in [0.4, 0.5) is 0 Å². The Morgan fingerprint density at radius 1 is 0.803 bits per heavy atom. The third kappa shape index (κ3) is 13.8. The number of carbonyl (C=O) groups is 4. The van der Waals surface area contributed by atoms with Gasteiger partial charge in [-0.25, -0.2) is 0 Å². The van der Waals surface area contributed by atoms with E-state index in [1.165, 1.54) is 13.1 Å². The van der Waals surface area contributed by atoms with Gasteiger partial charge in [-0.2, -0.15) is 0 Å². The number of nitrogens with two attached hydrogens (primary N) is 4. The second-order valence-corrected chi connectivity index (χ2v) is 18.4. The van der Waals surface area contributed by atoms with Crippen LogP contribution in [-0.2, 0) is 25.6 Å². The van der Waals surface area contributed by atoms with E-state index in [-0.39, 0.29) is 65.0 Å². The minimum atomic E-state index is -1.75. The van der Waals surface area contributed by atoms with E-state index in [0.717, 1.165) is 32.1 Å². The maximum atomic E-state index is 15.1. The van der Waals surface area contributed by atoms with Crippen LogP contribution in [0.1, 0.15) is 113 Å². The molecule has 16 heteroatoms. The summed E-state index contributed by atoms with van der Waals surface area (Å²) < 4.78 is 23.8. The Morgan fingerprint density at radius 2 is 1.41 bits per heavy atom. The van der Waals surface area contributed by atoms with E-state index in [0.29, 0.717) is 55.9 Å². The van der Waals surface area contributed by atoms with E-state index in [9.17, 15) is 24.6 Å². The van der Waals surface area contributed by atoms with Crippen molar-refractivity contribution in [1.29, 1.82) is 0 Å². The number of hydrogen-bond acceptors (Lipinski definition) is 15.